The number of carbonyl (C=O) groups is 1. The fourth-order valence-corrected chi connectivity index (χ4v) is 3.82. The van der Waals surface area contributed by atoms with Crippen LogP contribution >= 0.6 is 0 Å². The molecule has 9 nitrogen and oxygen atoms in total. The molecular formula is C18H29N7O2. The maximum atomic E-state index is 12.8. The predicted octanol–water partition coefficient (Wildman–Crippen LogP) is -0.118. The first-order valence-electron chi connectivity index (χ1n) is 9.61. The summed E-state index contributed by atoms with van der Waals surface area (Å²) in [5, 5.41) is 6.33. The van der Waals surface area contributed by atoms with Gasteiger partial charge in [0.05, 0.1) is 19.0 Å². The molecule has 3 aliphatic rings. The van der Waals surface area contributed by atoms with E-state index in [1.165, 1.54) is 0 Å². The average molecular weight is 375 g/mol. The molecule has 3 fully saturated rings. The van der Waals surface area contributed by atoms with Crippen molar-refractivity contribution in [1.82, 2.24) is 31.4 Å². The van der Waals surface area contributed by atoms with Gasteiger partial charge in [-0.15, -0.1) is 0 Å². The highest BCUT2D eigenvalue weighted by Crippen LogP contribution is 2.26. The molecule has 3 heterocycles. The van der Waals surface area contributed by atoms with Gasteiger partial charge < -0.3 is 5.32 Å². The standard InChI is InChI=1S/C18H29N7O2/c1-12-19-18(27-23-12)13-5-3-4-6-14(13)20-17(26)15-7-8-16(22-21-15)25-10-9-24(2)11-25/h3-6,12,15-16,18-19,21-23H,7-11H2,1-2H3,(H,20,26). The van der Waals surface area contributed by atoms with E-state index < -0.39 is 0 Å². The smallest absolute Gasteiger partial charge is 0.242 e. The minimum absolute atomic E-state index is 0.0362. The Bertz CT molecular complexity index is 665. The monoisotopic (exact) mass is 375 g/mol. The molecule has 4 atom stereocenters. The molecule has 148 valence electrons. The minimum Gasteiger partial charge on any atom is -0.324 e. The van der Waals surface area contributed by atoms with E-state index in [1.807, 2.05) is 31.2 Å². The highest BCUT2D eigenvalue weighted by Gasteiger charge is 2.32. The van der Waals surface area contributed by atoms with Crippen molar-refractivity contribution in [3.05, 3.63) is 29.8 Å². The van der Waals surface area contributed by atoms with Gasteiger partial charge in [-0.1, -0.05) is 18.2 Å². The Hall–Kier alpha value is -1.59. The summed E-state index contributed by atoms with van der Waals surface area (Å²) < 4.78 is 0. The SMILES string of the molecule is CC1NOC(c2ccccc2NC(=O)C2CCC(N3CCN(C)C3)NN2)N1. The Balaban J connectivity index is 1.34. The highest BCUT2D eigenvalue weighted by molar-refractivity contribution is 5.95. The van der Waals surface area contributed by atoms with Crippen molar-refractivity contribution < 1.29 is 9.63 Å². The molecule has 27 heavy (non-hydrogen) atoms. The van der Waals surface area contributed by atoms with E-state index in [4.69, 9.17) is 4.84 Å². The summed E-state index contributed by atoms with van der Waals surface area (Å²) in [6.07, 6.45) is 1.78. The largest absolute Gasteiger partial charge is 0.324 e. The summed E-state index contributed by atoms with van der Waals surface area (Å²) in [4.78, 5) is 23.0. The summed E-state index contributed by atoms with van der Waals surface area (Å²) in [6.45, 7) is 5.09. The van der Waals surface area contributed by atoms with Gasteiger partial charge in [0.15, 0.2) is 6.23 Å². The van der Waals surface area contributed by atoms with Crippen LogP contribution in [-0.2, 0) is 9.63 Å². The lowest BCUT2D eigenvalue weighted by molar-refractivity contribution is -0.119. The first-order valence-corrected chi connectivity index (χ1v) is 9.61. The molecule has 0 saturated carbocycles. The first kappa shape index (κ1) is 18.8. The van der Waals surface area contributed by atoms with Crippen molar-refractivity contribution in [2.45, 2.75) is 44.4 Å². The quantitative estimate of drug-likeness (QED) is 0.498. The van der Waals surface area contributed by atoms with E-state index in [0.717, 1.165) is 43.9 Å². The number of para-hydroxylation sites is 1. The molecule has 3 saturated heterocycles. The van der Waals surface area contributed by atoms with Crippen LogP contribution in [0.2, 0.25) is 0 Å². The number of anilines is 1. The zero-order valence-corrected chi connectivity index (χ0v) is 15.9. The number of carbonyl (C=O) groups excluding carboxylic acids is 1. The fraction of sp³-hybridized carbons (Fsp3) is 0.611. The minimum atomic E-state index is -0.287. The van der Waals surface area contributed by atoms with Crippen LogP contribution in [0.1, 0.15) is 31.6 Å². The van der Waals surface area contributed by atoms with Crippen LogP contribution in [0.25, 0.3) is 0 Å². The molecule has 3 aliphatic heterocycles. The molecule has 1 aromatic carbocycles. The van der Waals surface area contributed by atoms with E-state index in [-0.39, 0.29) is 30.5 Å². The van der Waals surface area contributed by atoms with Crippen LogP contribution < -0.4 is 27.0 Å². The number of amides is 1. The van der Waals surface area contributed by atoms with Gasteiger partial charge in [0.2, 0.25) is 5.91 Å². The van der Waals surface area contributed by atoms with E-state index in [9.17, 15) is 4.79 Å². The second-order valence-corrected chi connectivity index (χ2v) is 7.55. The van der Waals surface area contributed by atoms with Crippen LogP contribution in [0.3, 0.4) is 0 Å². The lowest BCUT2D eigenvalue weighted by Crippen LogP contribution is -2.60. The molecule has 0 bridgehead atoms. The van der Waals surface area contributed by atoms with Crippen LogP contribution in [0.15, 0.2) is 24.3 Å². The Labute approximate surface area is 159 Å². The normalized spacial score (nSPS) is 32.7. The average Bonchev–Trinajstić information content (AvgIpc) is 3.31. The Morgan fingerprint density at radius 3 is 2.74 bits per heavy atom. The van der Waals surface area contributed by atoms with Crippen molar-refractivity contribution in [1.29, 1.82) is 0 Å². The second kappa shape index (κ2) is 8.19. The van der Waals surface area contributed by atoms with E-state index >= 15 is 0 Å². The number of hydrogen-bond donors (Lipinski definition) is 5. The third-order valence-electron chi connectivity index (χ3n) is 5.37. The van der Waals surface area contributed by atoms with Gasteiger partial charge in [0.25, 0.3) is 0 Å². The molecule has 4 rings (SSSR count). The summed E-state index contributed by atoms with van der Waals surface area (Å²) in [5.74, 6) is -0.0362. The van der Waals surface area contributed by atoms with Gasteiger partial charge in [-0.25, -0.2) is 10.9 Å². The summed E-state index contributed by atoms with van der Waals surface area (Å²) in [6, 6.07) is 7.46. The Morgan fingerprint density at radius 2 is 2.07 bits per heavy atom. The summed E-state index contributed by atoms with van der Waals surface area (Å²) in [5.41, 5.74) is 11.1. The van der Waals surface area contributed by atoms with E-state index in [2.05, 4.69) is 43.8 Å². The number of nitrogens with one attached hydrogen (secondary N) is 5. The molecule has 1 amide bonds. The van der Waals surface area contributed by atoms with Gasteiger partial charge in [0, 0.05) is 24.3 Å². The molecule has 0 aromatic heterocycles. The zero-order chi connectivity index (χ0) is 18.8. The first-order chi connectivity index (χ1) is 13.1. The van der Waals surface area contributed by atoms with Crippen molar-refractivity contribution >= 4 is 11.6 Å². The number of hydroxylamine groups is 1. The molecule has 4 unspecified atom stereocenters. The van der Waals surface area contributed by atoms with Crippen molar-refractivity contribution in [2.75, 3.05) is 32.1 Å². The van der Waals surface area contributed by atoms with E-state index in [1.54, 1.807) is 0 Å². The topological polar surface area (TPSA) is 92.9 Å². The molecule has 5 N–H and O–H groups in total. The lowest BCUT2D eigenvalue weighted by Gasteiger charge is -2.35. The molecular weight excluding hydrogens is 346 g/mol. The summed E-state index contributed by atoms with van der Waals surface area (Å²) >= 11 is 0. The maximum Gasteiger partial charge on any atom is 0.242 e. The third kappa shape index (κ3) is 4.30. The predicted molar refractivity (Wildman–Crippen MR) is 102 cm³/mol. The van der Waals surface area contributed by atoms with Crippen LogP contribution in [0.4, 0.5) is 5.69 Å². The number of hydrogen-bond acceptors (Lipinski definition) is 8. The van der Waals surface area contributed by atoms with Gasteiger partial charge in [-0.05, 0) is 32.9 Å². The maximum absolute atomic E-state index is 12.8. The van der Waals surface area contributed by atoms with Gasteiger partial charge in [0.1, 0.15) is 6.04 Å². The van der Waals surface area contributed by atoms with Crippen LogP contribution in [0, 0.1) is 0 Å². The second-order valence-electron chi connectivity index (χ2n) is 7.55. The lowest BCUT2D eigenvalue weighted by atomic mass is 10.1. The zero-order valence-electron chi connectivity index (χ0n) is 15.9. The van der Waals surface area contributed by atoms with Crippen LogP contribution in [-0.4, -0.2) is 60.9 Å². The Kier molecular flexibility index (Phi) is 5.69. The van der Waals surface area contributed by atoms with E-state index in [0.29, 0.717) is 0 Å². The van der Waals surface area contributed by atoms with Crippen molar-refractivity contribution in [3.63, 3.8) is 0 Å². The molecule has 1 aromatic rings. The number of likely N-dealkylation sites (N-methyl/N-ethyl adjacent to an activating group) is 1. The molecule has 9 heteroatoms. The summed E-state index contributed by atoms with van der Waals surface area (Å²) in [7, 11) is 2.13. The molecule has 0 aliphatic carbocycles. The number of benzene rings is 1. The third-order valence-corrected chi connectivity index (χ3v) is 5.37. The van der Waals surface area contributed by atoms with Gasteiger partial charge in [-0.3, -0.25) is 24.7 Å². The number of rotatable bonds is 4. The molecule has 0 radical (unpaired) electrons. The fourth-order valence-electron chi connectivity index (χ4n) is 3.82. The van der Waals surface area contributed by atoms with Crippen LogP contribution in [0.5, 0.6) is 0 Å². The van der Waals surface area contributed by atoms with Gasteiger partial charge in [-0.2, -0.15) is 5.48 Å². The number of hydrazine groups is 1. The highest BCUT2D eigenvalue weighted by atomic mass is 16.7. The number of nitrogens with zero attached hydrogens (tertiary/aromatic N) is 2. The molecule has 0 spiro atoms. The van der Waals surface area contributed by atoms with Crippen molar-refractivity contribution in [2.24, 2.45) is 0 Å². The Morgan fingerprint density at radius 1 is 1.22 bits per heavy atom. The van der Waals surface area contributed by atoms with Crippen molar-refractivity contribution in [3.8, 4) is 0 Å². The van der Waals surface area contributed by atoms with Gasteiger partial charge >= 0.3 is 0 Å².